The number of rotatable bonds is 4. The summed E-state index contributed by atoms with van der Waals surface area (Å²) in [5.41, 5.74) is 0.980. The average molecular weight is 746 g/mol. The molecule has 6 amide bonds. The van der Waals surface area contributed by atoms with Gasteiger partial charge < -0.3 is 31.1 Å². The second-order valence-electron chi connectivity index (χ2n) is 13.2. The van der Waals surface area contributed by atoms with Gasteiger partial charge >= 0.3 is 0 Å². The summed E-state index contributed by atoms with van der Waals surface area (Å²) in [5, 5.41) is 14.0. The zero-order valence-corrected chi connectivity index (χ0v) is 31.3. The summed E-state index contributed by atoms with van der Waals surface area (Å²) in [7, 11) is 1.56. The molecule has 4 atom stereocenters. The van der Waals surface area contributed by atoms with Crippen LogP contribution in [0.25, 0.3) is 10.1 Å². The van der Waals surface area contributed by atoms with Gasteiger partial charge in [0.05, 0.1) is 17.5 Å². The van der Waals surface area contributed by atoms with Crippen LogP contribution < -0.4 is 21.3 Å². The number of fused-ring (bicyclic) bond motifs is 3. The third-order valence-corrected chi connectivity index (χ3v) is 10.8. The first kappa shape index (κ1) is 38.1. The number of thiazole rings is 1. The topological polar surface area (TPSA) is 170 Å². The van der Waals surface area contributed by atoms with Gasteiger partial charge in [-0.2, -0.15) is 0 Å². The molecule has 2 aromatic carbocycles. The Labute approximate surface area is 310 Å². The summed E-state index contributed by atoms with van der Waals surface area (Å²) in [6.45, 7) is 6.33. The first-order chi connectivity index (χ1) is 24.8. The fourth-order valence-corrected chi connectivity index (χ4v) is 7.62. The van der Waals surface area contributed by atoms with Crippen LogP contribution in [0.4, 0.5) is 0 Å². The van der Waals surface area contributed by atoms with Crippen molar-refractivity contribution in [2.45, 2.75) is 58.3 Å². The van der Waals surface area contributed by atoms with Gasteiger partial charge in [0.2, 0.25) is 23.6 Å². The first-order valence-corrected chi connectivity index (χ1v) is 18.7. The van der Waals surface area contributed by atoms with Crippen molar-refractivity contribution in [3.63, 3.8) is 0 Å². The van der Waals surface area contributed by atoms with E-state index in [9.17, 15) is 28.8 Å². The molecule has 0 fully saturated rings. The third kappa shape index (κ3) is 9.39. The molecule has 4 N–H and O–H groups in total. The Hall–Kier alpha value is -5.15. The van der Waals surface area contributed by atoms with Crippen molar-refractivity contribution in [2.24, 2.45) is 5.92 Å². The number of thiophene rings is 1. The zero-order chi connectivity index (χ0) is 37.5. The molecule has 1 aliphatic rings. The van der Waals surface area contributed by atoms with Crippen LogP contribution in [0.1, 0.15) is 64.5 Å². The SMILES string of the molecule is CC(C)[C@@H]1NC(=O)[C@H](C)NC(=O)c2csc(n2)[C@H](Cc2ccccc2)NC(=O)CN(C(=O)c2cc3ccccc3s2)CCN(C)C(=O)[C@@H](C)NC1=O. The van der Waals surface area contributed by atoms with Crippen molar-refractivity contribution in [3.05, 3.63) is 87.2 Å². The van der Waals surface area contributed by atoms with Gasteiger partial charge in [-0.05, 0) is 49.3 Å². The van der Waals surface area contributed by atoms with Crippen molar-refractivity contribution in [3.8, 4) is 0 Å². The summed E-state index contributed by atoms with van der Waals surface area (Å²) < 4.78 is 0.924. The normalized spacial score (nSPS) is 21.6. The van der Waals surface area contributed by atoms with E-state index in [0.717, 1.165) is 15.6 Å². The number of nitrogens with one attached hydrogen (secondary N) is 4. The highest BCUT2D eigenvalue weighted by Gasteiger charge is 2.31. The standard InChI is InChI=1S/C37H43N7O6S2/c1-21(2)31-34(48)39-23(4)36(49)43(5)15-16-44(37(50)29-18-25-13-9-10-14-28(25)52-29)19-30(45)40-26(17-24-11-7-6-8-12-24)35-41-27(20-51-35)33(47)38-22(3)32(46)42-31/h6-14,18,20-23,26,31H,15-17,19H2,1-5H3,(H,38,47)(H,39,48)(H,40,45)(H,42,46)/t22-,23+,26-,31-/m0/s1. The van der Waals surface area contributed by atoms with Crippen LogP contribution in [0.5, 0.6) is 0 Å². The van der Waals surface area contributed by atoms with Gasteiger partial charge in [-0.15, -0.1) is 22.7 Å². The minimum Gasteiger partial charge on any atom is -0.345 e. The van der Waals surface area contributed by atoms with Gasteiger partial charge in [0.25, 0.3) is 11.8 Å². The Morgan fingerprint density at radius 3 is 2.31 bits per heavy atom. The molecule has 4 aromatic rings. The number of nitrogens with zero attached hydrogens (tertiary/aromatic N) is 3. The molecule has 2 aromatic heterocycles. The number of amides is 6. The molecule has 5 rings (SSSR count). The van der Waals surface area contributed by atoms with E-state index >= 15 is 0 Å². The van der Waals surface area contributed by atoms with Gasteiger partial charge in [-0.3, -0.25) is 28.8 Å². The highest BCUT2D eigenvalue weighted by molar-refractivity contribution is 7.20. The van der Waals surface area contributed by atoms with Crippen LogP contribution in [0.3, 0.4) is 0 Å². The van der Waals surface area contributed by atoms with Crippen molar-refractivity contribution >= 4 is 68.2 Å². The molecule has 13 nitrogen and oxygen atoms in total. The second-order valence-corrected chi connectivity index (χ2v) is 15.1. The summed E-state index contributed by atoms with van der Waals surface area (Å²) >= 11 is 2.51. The number of hydrogen-bond acceptors (Lipinski definition) is 9. The molecule has 3 heterocycles. The lowest BCUT2D eigenvalue weighted by atomic mass is 10.0. The number of aromatic nitrogens is 1. The summed E-state index contributed by atoms with van der Waals surface area (Å²) in [4.78, 5) is 88.8. The fourth-order valence-electron chi connectivity index (χ4n) is 5.74. The fraction of sp³-hybridized carbons (Fsp3) is 0.378. The van der Waals surface area contributed by atoms with E-state index in [4.69, 9.17) is 0 Å². The average Bonchev–Trinajstić information content (AvgIpc) is 3.79. The maximum atomic E-state index is 14.0. The Balaban J connectivity index is 1.48. The summed E-state index contributed by atoms with van der Waals surface area (Å²) in [6, 6.07) is 15.3. The molecule has 1 aliphatic heterocycles. The monoisotopic (exact) mass is 745 g/mol. The van der Waals surface area contributed by atoms with E-state index in [0.29, 0.717) is 16.3 Å². The highest BCUT2D eigenvalue weighted by Crippen LogP contribution is 2.27. The molecule has 274 valence electrons. The van der Waals surface area contributed by atoms with Crippen molar-refractivity contribution < 1.29 is 28.8 Å². The predicted molar refractivity (Wildman–Crippen MR) is 200 cm³/mol. The van der Waals surface area contributed by atoms with Crippen LogP contribution in [0.15, 0.2) is 66.0 Å². The smallest absolute Gasteiger partial charge is 0.271 e. The molecule has 0 unspecified atom stereocenters. The van der Waals surface area contributed by atoms with Gasteiger partial charge in [0.1, 0.15) is 28.8 Å². The van der Waals surface area contributed by atoms with Crippen LogP contribution in [-0.2, 0) is 25.6 Å². The Kier molecular flexibility index (Phi) is 12.4. The van der Waals surface area contributed by atoms with E-state index in [-0.39, 0.29) is 37.2 Å². The van der Waals surface area contributed by atoms with E-state index < -0.39 is 53.7 Å². The molecular weight excluding hydrogens is 703 g/mol. The quantitative estimate of drug-likeness (QED) is 0.249. The van der Waals surface area contributed by atoms with Gasteiger partial charge in [-0.1, -0.05) is 62.4 Å². The zero-order valence-electron chi connectivity index (χ0n) is 29.7. The molecule has 15 heteroatoms. The number of hydrogen-bond donors (Lipinski definition) is 4. The highest BCUT2D eigenvalue weighted by atomic mass is 32.1. The van der Waals surface area contributed by atoms with E-state index in [1.54, 1.807) is 32.3 Å². The maximum Gasteiger partial charge on any atom is 0.271 e. The van der Waals surface area contributed by atoms with Crippen molar-refractivity contribution in [2.75, 3.05) is 26.7 Å². The minimum absolute atomic E-state index is 0.0247. The van der Waals surface area contributed by atoms with Crippen LogP contribution in [-0.4, -0.2) is 95.0 Å². The predicted octanol–water partition coefficient (Wildman–Crippen LogP) is 3.14. The second kappa shape index (κ2) is 16.9. The van der Waals surface area contributed by atoms with E-state index in [1.807, 2.05) is 54.6 Å². The molecule has 0 saturated carbocycles. The molecular formula is C37H43N7O6S2. The summed E-state index contributed by atoms with van der Waals surface area (Å²) in [5.74, 6) is -3.33. The third-order valence-electron chi connectivity index (χ3n) is 8.73. The van der Waals surface area contributed by atoms with Crippen LogP contribution in [0.2, 0.25) is 0 Å². The lowest BCUT2D eigenvalue weighted by molar-refractivity contribution is -0.136. The van der Waals surface area contributed by atoms with Crippen LogP contribution >= 0.6 is 22.7 Å². The van der Waals surface area contributed by atoms with Crippen molar-refractivity contribution in [1.29, 1.82) is 0 Å². The lowest BCUT2D eigenvalue weighted by Gasteiger charge is -2.29. The Morgan fingerprint density at radius 1 is 0.885 bits per heavy atom. The molecule has 0 radical (unpaired) electrons. The molecule has 0 aliphatic carbocycles. The summed E-state index contributed by atoms with van der Waals surface area (Å²) in [6.07, 6.45) is 0.358. The molecule has 52 heavy (non-hydrogen) atoms. The van der Waals surface area contributed by atoms with E-state index in [1.165, 1.54) is 46.3 Å². The number of benzene rings is 2. The Bertz CT molecular complexity index is 1910. The number of likely N-dealkylation sites (N-methyl/N-ethyl adjacent to an activating group) is 1. The van der Waals surface area contributed by atoms with Gasteiger partial charge in [-0.25, -0.2) is 4.98 Å². The molecule has 0 saturated heterocycles. The molecule has 0 spiro atoms. The van der Waals surface area contributed by atoms with Crippen molar-refractivity contribution in [1.82, 2.24) is 36.1 Å². The van der Waals surface area contributed by atoms with Gasteiger partial charge in [0, 0.05) is 30.2 Å². The Morgan fingerprint density at radius 2 is 1.60 bits per heavy atom. The first-order valence-electron chi connectivity index (χ1n) is 17.0. The lowest BCUT2D eigenvalue weighted by Crippen LogP contribution is -2.57. The number of carbonyl (C=O) groups excluding carboxylic acids is 6. The number of carbonyl (C=O) groups is 6. The maximum absolute atomic E-state index is 14.0. The van der Waals surface area contributed by atoms with Crippen LogP contribution in [0, 0.1) is 5.92 Å². The van der Waals surface area contributed by atoms with E-state index in [2.05, 4.69) is 26.3 Å². The minimum atomic E-state index is -1.02. The largest absolute Gasteiger partial charge is 0.345 e. The van der Waals surface area contributed by atoms with Gasteiger partial charge in [0.15, 0.2) is 0 Å². The molecule has 2 bridgehead atoms.